The van der Waals surface area contributed by atoms with Crippen LogP contribution in [0.15, 0.2) is 46.6 Å². The molecule has 10 heteroatoms. The Hall–Kier alpha value is -3.76. The lowest BCUT2D eigenvalue weighted by Crippen LogP contribution is -2.29. The Morgan fingerprint density at radius 3 is 2.76 bits per heavy atom. The second-order valence-corrected chi connectivity index (χ2v) is 9.96. The van der Waals surface area contributed by atoms with Crippen molar-refractivity contribution in [1.29, 1.82) is 5.41 Å². The van der Waals surface area contributed by atoms with Crippen molar-refractivity contribution in [2.45, 2.75) is 33.9 Å². The topological polar surface area (TPSA) is 149 Å². The number of hydrogen-bond acceptors (Lipinski definition) is 8. The number of nitrogens with zero attached hydrogens (tertiary/aromatic N) is 2. The summed E-state index contributed by atoms with van der Waals surface area (Å²) in [4.78, 5) is 22.7. The number of aliphatic hydroxyl groups excluding tert-OH is 1. The molecule has 0 fully saturated rings. The van der Waals surface area contributed by atoms with E-state index in [-0.39, 0.29) is 23.7 Å². The Bertz CT molecular complexity index is 1350. The predicted octanol–water partition coefficient (Wildman–Crippen LogP) is 4.95. The first-order chi connectivity index (χ1) is 16.1. The van der Waals surface area contributed by atoms with Gasteiger partial charge >= 0.3 is 0 Å². The maximum atomic E-state index is 13.2. The Labute approximate surface area is 201 Å². The Balaban J connectivity index is 1.66. The summed E-state index contributed by atoms with van der Waals surface area (Å²) in [6.07, 6.45) is 4.10. The van der Waals surface area contributed by atoms with Crippen LogP contribution in [0.25, 0.3) is 10.8 Å². The van der Waals surface area contributed by atoms with Gasteiger partial charge in [-0.25, -0.2) is 9.98 Å². The van der Waals surface area contributed by atoms with Gasteiger partial charge in [-0.1, -0.05) is 32.9 Å². The van der Waals surface area contributed by atoms with Gasteiger partial charge < -0.3 is 26.8 Å². The molecule has 1 aromatic carbocycles. The molecule has 1 atom stereocenters. The highest BCUT2D eigenvalue weighted by Crippen LogP contribution is 2.37. The molecule has 0 saturated carbocycles. The summed E-state index contributed by atoms with van der Waals surface area (Å²) in [5, 5.41) is 30.6. The molecule has 0 saturated heterocycles. The quantitative estimate of drug-likeness (QED) is 0.178. The average molecular weight is 478 g/mol. The van der Waals surface area contributed by atoms with Crippen LogP contribution in [0.3, 0.4) is 0 Å². The van der Waals surface area contributed by atoms with Gasteiger partial charge in [-0.15, -0.1) is 11.3 Å². The number of rotatable bonds is 4. The van der Waals surface area contributed by atoms with Crippen LogP contribution in [0, 0.1) is 17.7 Å². The fraction of sp³-hybridized carbons (Fsp3) is 0.250. The number of aliphatic imine (C=N–C) groups is 1. The van der Waals surface area contributed by atoms with E-state index in [2.05, 4.69) is 25.9 Å². The number of aryl methyl sites for hydroxylation is 1. The summed E-state index contributed by atoms with van der Waals surface area (Å²) in [6.45, 7) is 7.50. The van der Waals surface area contributed by atoms with Crippen LogP contribution in [0.4, 0.5) is 17.2 Å². The standard InChI is InChI=1S/C24H27N7O2S/c1-12-5-6-14-13(7-8-27-22(14)30-17(25)9-16(32)24(2,3)4)18(12)31-23(33)15-10-34-20-19(15)28-11-29-21(20)26/h5-11,21,32H,26H2,1-4H3,(H,28,29)(H,31,33)(H2,25,27,30)/b16-9-. The van der Waals surface area contributed by atoms with Crippen molar-refractivity contribution in [2.75, 3.05) is 10.6 Å². The highest BCUT2D eigenvalue weighted by molar-refractivity contribution is 7.11. The first-order valence-corrected chi connectivity index (χ1v) is 11.6. The third kappa shape index (κ3) is 4.50. The number of carbonyl (C=O) groups excluding carboxylic acids is 1. The number of aromatic nitrogens is 1. The van der Waals surface area contributed by atoms with Crippen LogP contribution in [0.5, 0.6) is 0 Å². The van der Waals surface area contributed by atoms with Crippen LogP contribution >= 0.6 is 11.3 Å². The minimum Gasteiger partial charge on any atom is -0.512 e. The molecule has 1 amide bonds. The zero-order valence-electron chi connectivity index (χ0n) is 19.4. The first-order valence-electron chi connectivity index (χ1n) is 10.7. The number of carbonyl (C=O) groups is 1. The molecule has 34 heavy (non-hydrogen) atoms. The maximum Gasteiger partial charge on any atom is 0.258 e. The van der Waals surface area contributed by atoms with Gasteiger partial charge in [-0.05, 0) is 18.6 Å². The molecule has 0 bridgehead atoms. The first kappa shape index (κ1) is 23.4. The number of thiophene rings is 1. The van der Waals surface area contributed by atoms with Crippen molar-refractivity contribution in [1.82, 2.24) is 10.3 Å². The number of hydrogen-bond donors (Lipinski definition) is 6. The van der Waals surface area contributed by atoms with Crippen molar-refractivity contribution in [3.8, 4) is 0 Å². The van der Waals surface area contributed by atoms with Gasteiger partial charge in [0.25, 0.3) is 5.91 Å². The van der Waals surface area contributed by atoms with Gasteiger partial charge in [0, 0.05) is 33.8 Å². The lowest BCUT2D eigenvalue weighted by Gasteiger charge is -2.18. The number of fused-ring (bicyclic) bond motifs is 2. The van der Waals surface area contributed by atoms with Crippen LogP contribution in [-0.4, -0.2) is 28.2 Å². The predicted molar refractivity (Wildman–Crippen MR) is 138 cm³/mol. The Kier molecular flexibility index (Phi) is 6.11. The molecule has 1 aliphatic rings. The molecule has 3 heterocycles. The summed E-state index contributed by atoms with van der Waals surface area (Å²) in [5.41, 5.74) is 8.14. The van der Waals surface area contributed by atoms with E-state index in [0.29, 0.717) is 22.8 Å². The van der Waals surface area contributed by atoms with Crippen LogP contribution < -0.4 is 21.7 Å². The van der Waals surface area contributed by atoms with Gasteiger partial charge in [0.05, 0.1) is 28.2 Å². The van der Waals surface area contributed by atoms with E-state index in [1.54, 1.807) is 11.6 Å². The molecule has 0 aliphatic carbocycles. The largest absolute Gasteiger partial charge is 0.512 e. The highest BCUT2D eigenvalue weighted by Gasteiger charge is 2.24. The Morgan fingerprint density at radius 2 is 2.03 bits per heavy atom. The fourth-order valence-corrected chi connectivity index (χ4v) is 4.42. The van der Waals surface area contributed by atoms with E-state index in [1.165, 1.54) is 23.8 Å². The lowest BCUT2D eigenvalue weighted by atomic mass is 9.93. The Morgan fingerprint density at radius 1 is 1.26 bits per heavy atom. The number of pyridine rings is 1. The maximum absolute atomic E-state index is 13.2. The van der Waals surface area contributed by atoms with E-state index in [0.717, 1.165) is 21.2 Å². The number of nitrogens with one attached hydrogen (secondary N) is 4. The van der Waals surface area contributed by atoms with Crippen molar-refractivity contribution < 1.29 is 9.90 Å². The molecule has 7 N–H and O–H groups in total. The number of aliphatic hydroxyl groups is 1. The minimum atomic E-state index is -0.473. The van der Waals surface area contributed by atoms with Crippen LogP contribution in [0.2, 0.25) is 0 Å². The van der Waals surface area contributed by atoms with E-state index >= 15 is 0 Å². The molecule has 0 spiro atoms. The van der Waals surface area contributed by atoms with Crippen LogP contribution in [0.1, 0.15) is 47.7 Å². The molecule has 9 nitrogen and oxygen atoms in total. The van der Waals surface area contributed by atoms with Gasteiger partial charge in [0.15, 0.2) is 0 Å². The number of anilines is 2. The third-order valence-electron chi connectivity index (χ3n) is 5.46. The minimum absolute atomic E-state index is 0.00583. The molecule has 176 valence electrons. The highest BCUT2D eigenvalue weighted by atomic mass is 32.1. The fourth-order valence-electron chi connectivity index (χ4n) is 3.47. The third-order valence-corrected chi connectivity index (χ3v) is 6.52. The molecule has 2 aromatic heterocycles. The second kappa shape index (κ2) is 8.88. The van der Waals surface area contributed by atoms with Crippen molar-refractivity contribution in [3.05, 3.63) is 57.6 Å². The van der Waals surface area contributed by atoms with Crippen molar-refractivity contribution in [2.24, 2.45) is 16.1 Å². The van der Waals surface area contributed by atoms with Gasteiger partial charge in [-0.2, -0.15) is 0 Å². The molecule has 0 radical (unpaired) electrons. The average Bonchev–Trinajstić information content (AvgIpc) is 3.21. The number of amides is 1. The van der Waals surface area contributed by atoms with E-state index < -0.39 is 5.41 Å². The monoisotopic (exact) mass is 477 g/mol. The number of amidine groups is 1. The molecule has 3 aromatic rings. The summed E-state index contributed by atoms with van der Waals surface area (Å²) < 4.78 is 0. The zero-order valence-corrected chi connectivity index (χ0v) is 20.2. The number of benzene rings is 1. The summed E-state index contributed by atoms with van der Waals surface area (Å²) in [7, 11) is 0. The molecule has 1 unspecified atom stereocenters. The normalized spacial score (nSPS) is 15.6. The van der Waals surface area contributed by atoms with Crippen molar-refractivity contribution in [3.63, 3.8) is 0 Å². The molecular weight excluding hydrogens is 450 g/mol. The zero-order chi connectivity index (χ0) is 24.6. The lowest BCUT2D eigenvalue weighted by molar-refractivity contribution is 0.102. The molecule has 4 rings (SSSR count). The van der Waals surface area contributed by atoms with E-state index in [1.807, 2.05) is 45.9 Å². The van der Waals surface area contributed by atoms with Crippen LogP contribution in [-0.2, 0) is 0 Å². The molecule has 1 aliphatic heterocycles. The summed E-state index contributed by atoms with van der Waals surface area (Å²) in [5.74, 6) is 0.263. The van der Waals surface area contributed by atoms with E-state index in [4.69, 9.17) is 11.1 Å². The summed E-state index contributed by atoms with van der Waals surface area (Å²) >= 11 is 1.39. The SMILES string of the molecule is Cc1ccc2c(NC(=N)/C=C(\O)C(C)(C)C)nccc2c1NC(=O)c1csc2c1N=CNC2N. The molecular formula is C24H27N7O2S. The smallest absolute Gasteiger partial charge is 0.258 e. The summed E-state index contributed by atoms with van der Waals surface area (Å²) in [6, 6.07) is 5.59. The number of allylic oxidation sites excluding steroid dienone is 1. The second-order valence-electron chi connectivity index (χ2n) is 9.05. The van der Waals surface area contributed by atoms with E-state index in [9.17, 15) is 9.90 Å². The van der Waals surface area contributed by atoms with Gasteiger partial charge in [-0.3, -0.25) is 10.2 Å². The van der Waals surface area contributed by atoms with Gasteiger partial charge in [0.1, 0.15) is 23.6 Å². The number of nitrogens with two attached hydrogens (primary N) is 1. The van der Waals surface area contributed by atoms with Gasteiger partial charge in [0.2, 0.25) is 0 Å². The van der Waals surface area contributed by atoms with Crippen molar-refractivity contribution >= 4 is 57.4 Å².